The molecule has 114 valence electrons. The molecule has 0 aliphatic heterocycles. The third-order valence-electron chi connectivity index (χ3n) is 2.95. The van der Waals surface area contributed by atoms with Crippen LogP contribution >= 0.6 is 0 Å². The van der Waals surface area contributed by atoms with Gasteiger partial charge in [0.2, 0.25) is 5.89 Å². The van der Waals surface area contributed by atoms with Gasteiger partial charge in [-0.25, -0.2) is 4.98 Å². The lowest BCUT2D eigenvalue weighted by Gasteiger charge is -2.08. The van der Waals surface area contributed by atoms with E-state index in [1.807, 2.05) is 0 Å². The van der Waals surface area contributed by atoms with Gasteiger partial charge in [-0.2, -0.15) is 13.4 Å². The summed E-state index contributed by atoms with van der Waals surface area (Å²) in [6, 6.07) is 10.2. The van der Waals surface area contributed by atoms with Gasteiger partial charge in [-0.3, -0.25) is 0 Å². The maximum absolute atomic E-state index is 11.9. The summed E-state index contributed by atoms with van der Waals surface area (Å²) >= 11 is 0. The summed E-state index contributed by atoms with van der Waals surface area (Å²) in [5, 5.41) is 0. The molecule has 3 rings (SSSR count). The number of hydrogen-bond acceptors (Lipinski definition) is 6. The molecule has 0 radical (unpaired) electrons. The van der Waals surface area contributed by atoms with Crippen LogP contribution in [0.1, 0.15) is 13.3 Å². The number of fused-ring (bicyclic) bond motifs is 1. The Labute approximate surface area is 127 Å². The second-order valence-electron chi connectivity index (χ2n) is 4.69. The van der Waals surface area contributed by atoms with Gasteiger partial charge in [0, 0.05) is 6.20 Å². The minimum Gasteiger partial charge on any atom is -0.434 e. The zero-order valence-corrected chi connectivity index (χ0v) is 12.7. The fraction of sp³-hybridized carbons (Fsp3) is 0.200. The van der Waals surface area contributed by atoms with Crippen LogP contribution in [0.5, 0.6) is 5.75 Å². The average molecular weight is 318 g/mol. The number of oxazole rings is 1. The number of hydrogen-bond donors (Lipinski definition) is 0. The van der Waals surface area contributed by atoms with E-state index >= 15 is 0 Å². The average Bonchev–Trinajstić information content (AvgIpc) is 2.91. The predicted octanol–water partition coefficient (Wildman–Crippen LogP) is 3.01. The van der Waals surface area contributed by atoms with Crippen molar-refractivity contribution < 1.29 is 17.0 Å². The first-order chi connectivity index (χ1) is 10.6. The lowest BCUT2D eigenvalue weighted by Crippen LogP contribution is -2.13. The Hall–Kier alpha value is -2.41. The van der Waals surface area contributed by atoms with Crippen LogP contribution in [0.25, 0.3) is 22.7 Å². The third-order valence-corrected chi connectivity index (χ3v) is 4.30. The van der Waals surface area contributed by atoms with Gasteiger partial charge in [0.1, 0.15) is 0 Å². The molecule has 0 saturated heterocycles. The Bertz CT molecular complexity index is 870. The van der Waals surface area contributed by atoms with Crippen LogP contribution in [0.3, 0.4) is 0 Å². The van der Waals surface area contributed by atoms with Crippen molar-refractivity contribution in [3.05, 3.63) is 42.6 Å². The zero-order valence-electron chi connectivity index (χ0n) is 11.9. The van der Waals surface area contributed by atoms with E-state index in [4.69, 9.17) is 8.60 Å². The number of aromatic nitrogens is 2. The molecule has 1 aromatic carbocycles. The molecule has 0 spiro atoms. The zero-order chi connectivity index (χ0) is 15.6. The molecule has 6 nitrogen and oxygen atoms in total. The van der Waals surface area contributed by atoms with E-state index in [-0.39, 0.29) is 17.4 Å². The van der Waals surface area contributed by atoms with E-state index in [0.717, 1.165) is 0 Å². The molecular weight excluding hydrogens is 304 g/mol. The number of rotatable bonds is 5. The SMILES string of the molecule is CCCS(=O)(=O)Oc1ccccc1-c1nc2ncccc2o1. The van der Waals surface area contributed by atoms with E-state index in [1.54, 1.807) is 49.5 Å². The monoisotopic (exact) mass is 318 g/mol. The summed E-state index contributed by atoms with van der Waals surface area (Å²) < 4.78 is 34.5. The highest BCUT2D eigenvalue weighted by Gasteiger charge is 2.18. The normalized spacial score (nSPS) is 11.7. The molecule has 0 aliphatic carbocycles. The standard InChI is InChI=1S/C15H14N2O4S/c1-2-10-22(18,19)21-12-7-4-3-6-11(12)15-17-14-13(20-15)8-5-9-16-14/h3-9H,2,10H2,1H3. The van der Waals surface area contributed by atoms with Gasteiger partial charge in [0.05, 0.1) is 11.3 Å². The molecule has 2 heterocycles. The van der Waals surface area contributed by atoms with Crippen molar-refractivity contribution in [3.63, 3.8) is 0 Å². The summed E-state index contributed by atoms with van der Waals surface area (Å²) in [6.45, 7) is 1.78. The van der Waals surface area contributed by atoms with Crippen LogP contribution in [0.4, 0.5) is 0 Å². The molecule has 0 bridgehead atoms. The van der Waals surface area contributed by atoms with Gasteiger partial charge in [-0.05, 0) is 30.7 Å². The third kappa shape index (κ3) is 2.94. The molecule has 0 aliphatic rings. The van der Waals surface area contributed by atoms with Crippen molar-refractivity contribution in [1.29, 1.82) is 0 Å². The van der Waals surface area contributed by atoms with Crippen LogP contribution < -0.4 is 4.18 Å². The highest BCUT2D eigenvalue weighted by Crippen LogP contribution is 2.31. The summed E-state index contributed by atoms with van der Waals surface area (Å²) in [5.74, 6) is 0.426. The van der Waals surface area contributed by atoms with Crippen molar-refractivity contribution in [2.75, 3.05) is 5.75 Å². The van der Waals surface area contributed by atoms with Crippen LogP contribution in [-0.4, -0.2) is 24.1 Å². The highest BCUT2D eigenvalue weighted by molar-refractivity contribution is 7.87. The Morgan fingerprint density at radius 2 is 2.00 bits per heavy atom. The van der Waals surface area contributed by atoms with E-state index < -0.39 is 10.1 Å². The van der Waals surface area contributed by atoms with E-state index in [1.165, 1.54) is 0 Å². The van der Waals surface area contributed by atoms with Crippen molar-refractivity contribution in [2.45, 2.75) is 13.3 Å². The molecule has 0 atom stereocenters. The van der Waals surface area contributed by atoms with Crippen molar-refractivity contribution in [1.82, 2.24) is 9.97 Å². The first-order valence-electron chi connectivity index (χ1n) is 6.82. The van der Waals surface area contributed by atoms with Crippen molar-refractivity contribution in [2.24, 2.45) is 0 Å². The molecular formula is C15H14N2O4S. The van der Waals surface area contributed by atoms with Crippen LogP contribution in [-0.2, 0) is 10.1 Å². The van der Waals surface area contributed by atoms with Crippen molar-refractivity contribution in [3.8, 4) is 17.2 Å². The molecule has 0 fully saturated rings. The lowest BCUT2D eigenvalue weighted by molar-refractivity contribution is 0.484. The minimum absolute atomic E-state index is 0.0452. The predicted molar refractivity (Wildman–Crippen MR) is 81.9 cm³/mol. The molecule has 0 unspecified atom stereocenters. The van der Waals surface area contributed by atoms with Crippen LogP contribution in [0.15, 0.2) is 47.0 Å². The van der Waals surface area contributed by atoms with Gasteiger partial charge in [-0.15, -0.1) is 0 Å². The summed E-state index contributed by atoms with van der Waals surface area (Å²) in [4.78, 5) is 8.36. The summed E-state index contributed by atoms with van der Waals surface area (Å²) in [7, 11) is -3.63. The van der Waals surface area contributed by atoms with E-state index in [0.29, 0.717) is 23.2 Å². The van der Waals surface area contributed by atoms with Gasteiger partial charge in [-0.1, -0.05) is 19.1 Å². The quantitative estimate of drug-likeness (QED) is 0.673. The Morgan fingerprint density at radius 3 is 2.77 bits per heavy atom. The number of nitrogens with zero attached hydrogens (tertiary/aromatic N) is 2. The van der Waals surface area contributed by atoms with Gasteiger partial charge < -0.3 is 8.60 Å². The minimum atomic E-state index is -3.63. The maximum atomic E-state index is 11.9. The number of para-hydroxylation sites is 1. The first-order valence-corrected chi connectivity index (χ1v) is 8.40. The Morgan fingerprint density at radius 1 is 1.18 bits per heavy atom. The van der Waals surface area contributed by atoms with E-state index in [9.17, 15) is 8.42 Å². The summed E-state index contributed by atoms with van der Waals surface area (Å²) in [5.41, 5.74) is 1.47. The second-order valence-corrected chi connectivity index (χ2v) is 6.38. The molecule has 2 aromatic heterocycles. The molecule has 0 saturated carbocycles. The Kier molecular flexibility index (Phi) is 3.81. The first kappa shape index (κ1) is 14.5. The molecule has 7 heteroatoms. The fourth-order valence-corrected chi connectivity index (χ4v) is 3.03. The smallest absolute Gasteiger partial charge is 0.309 e. The highest BCUT2D eigenvalue weighted by atomic mass is 32.2. The molecule has 3 aromatic rings. The lowest BCUT2D eigenvalue weighted by atomic mass is 10.2. The van der Waals surface area contributed by atoms with Crippen molar-refractivity contribution >= 4 is 21.3 Å². The maximum Gasteiger partial charge on any atom is 0.309 e. The Balaban J connectivity index is 2.04. The summed E-state index contributed by atoms with van der Waals surface area (Å²) in [6.07, 6.45) is 2.10. The fourth-order valence-electron chi connectivity index (χ4n) is 2.03. The second kappa shape index (κ2) is 5.76. The molecule has 0 N–H and O–H groups in total. The number of benzene rings is 1. The van der Waals surface area contributed by atoms with Gasteiger partial charge in [0.25, 0.3) is 0 Å². The molecule has 0 amide bonds. The topological polar surface area (TPSA) is 82.3 Å². The number of pyridine rings is 1. The largest absolute Gasteiger partial charge is 0.434 e. The van der Waals surface area contributed by atoms with E-state index in [2.05, 4.69) is 9.97 Å². The van der Waals surface area contributed by atoms with Gasteiger partial charge >= 0.3 is 10.1 Å². The van der Waals surface area contributed by atoms with Crippen LogP contribution in [0.2, 0.25) is 0 Å². The van der Waals surface area contributed by atoms with Gasteiger partial charge in [0.15, 0.2) is 17.0 Å². The molecule has 22 heavy (non-hydrogen) atoms. The van der Waals surface area contributed by atoms with Crippen LogP contribution in [0, 0.1) is 0 Å².